The van der Waals surface area contributed by atoms with E-state index in [1.807, 2.05) is 36.0 Å². The summed E-state index contributed by atoms with van der Waals surface area (Å²) < 4.78 is 2.02. The second kappa shape index (κ2) is 5.50. The van der Waals surface area contributed by atoms with Gasteiger partial charge in [0.05, 0.1) is 0 Å². The van der Waals surface area contributed by atoms with Crippen LogP contribution in [0.25, 0.3) is 0 Å². The first-order valence-corrected chi connectivity index (χ1v) is 5.71. The molecule has 0 atom stereocenters. The van der Waals surface area contributed by atoms with Crippen molar-refractivity contribution in [3.8, 4) is 5.75 Å². The third-order valence-corrected chi connectivity index (χ3v) is 2.75. The average molecular weight is 231 g/mol. The van der Waals surface area contributed by atoms with E-state index in [0.717, 1.165) is 24.4 Å². The molecule has 0 spiro atoms. The molecule has 0 saturated heterocycles. The standard InChI is InChI=1S/C13H17N3O/c1-16-9-8-15-13(16)6-7-14-10-11-4-2-3-5-12(11)17/h2-5,8-9,14,17H,6-7,10H2,1H3. The molecule has 0 saturated carbocycles. The van der Waals surface area contributed by atoms with Crippen LogP contribution in [0.15, 0.2) is 36.7 Å². The van der Waals surface area contributed by atoms with Crippen LogP contribution in [-0.4, -0.2) is 21.2 Å². The molecule has 0 aliphatic heterocycles. The van der Waals surface area contributed by atoms with Gasteiger partial charge in [0, 0.05) is 44.5 Å². The van der Waals surface area contributed by atoms with Crippen LogP contribution in [0, 0.1) is 0 Å². The average Bonchev–Trinajstić information content (AvgIpc) is 2.73. The van der Waals surface area contributed by atoms with Crippen molar-refractivity contribution in [2.45, 2.75) is 13.0 Å². The topological polar surface area (TPSA) is 50.1 Å². The fourth-order valence-electron chi connectivity index (χ4n) is 1.72. The molecule has 0 fully saturated rings. The molecule has 17 heavy (non-hydrogen) atoms. The van der Waals surface area contributed by atoms with Gasteiger partial charge in [0.15, 0.2) is 0 Å². The second-order valence-corrected chi connectivity index (χ2v) is 4.01. The van der Waals surface area contributed by atoms with Crippen molar-refractivity contribution in [3.63, 3.8) is 0 Å². The molecule has 0 radical (unpaired) electrons. The zero-order valence-corrected chi connectivity index (χ0v) is 9.93. The number of rotatable bonds is 5. The van der Waals surface area contributed by atoms with Gasteiger partial charge in [0.2, 0.25) is 0 Å². The molecule has 0 aliphatic rings. The maximum absolute atomic E-state index is 9.58. The van der Waals surface area contributed by atoms with E-state index in [1.54, 1.807) is 12.3 Å². The highest BCUT2D eigenvalue weighted by Crippen LogP contribution is 2.14. The lowest BCUT2D eigenvalue weighted by Crippen LogP contribution is -2.18. The van der Waals surface area contributed by atoms with Gasteiger partial charge in [-0.3, -0.25) is 0 Å². The van der Waals surface area contributed by atoms with E-state index in [9.17, 15) is 5.11 Å². The second-order valence-electron chi connectivity index (χ2n) is 4.01. The molecule has 4 nitrogen and oxygen atoms in total. The van der Waals surface area contributed by atoms with Gasteiger partial charge in [-0.05, 0) is 6.07 Å². The zero-order valence-electron chi connectivity index (χ0n) is 9.93. The van der Waals surface area contributed by atoms with Gasteiger partial charge < -0.3 is 15.0 Å². The monoisotopic (exact) mass is 231 g/mol. The Morgan fingerprint density at radius 3 is 2.88 bits per heavy atom. The van der Waals surface area contributed by atoms with Crippen molar-refractivity contribution in [2.75, 3.05) is 6.54 Å². The minimum absolute atomic E-state index is 0.344. The fourth-order valence-corrected chi connectivity index (χ4v) is 1.72. The maximum Gasteiger partial charge on any atom is 0.120 e. The number of aryl methyl sites for hydroxylation is 1. The lowest BCUT2D eigenvalue weighted by atomic mass is 10.2. The van der Waals surface area contributed by atoms with Gasteiger partial charge in [-0.1, -0.05) is 18.2 Å². The number of nitrogens with one attached hydrogen (secondary N) is 1. The molecule has 0 aliphatic carbocycles. The summed E-state index contributed by atoms with van der Waals surface area (Å²) >= 11 is 0. The van der Waals surface area contributed by atoms with Crippen molar-refractivity contribution in [1.82, 2.24) is 14.9 Å². The molecule has 0 amide bonds. The number of para-hydroxylation sites is 1. The minimum atomic E-state index is 0.344. The van der Waals surface area contributed by atoms with Crippen LogP contribution in [0.1, 0.15) is 11.4 Å². The Morgan fingerprint density at radius 2 is 2.18 bits per heavy atom. The SMILES string of the molecule is Cn1ccnc1CCNCc1ccccc1O. The largest absolute Gasteiger partial charge is 0.508 e. The normalized spacial score (nSPS) is 10.6. The van der Waals surface area contributed by atoms with Gasteiger partial charge in [0.25, 0.3) is 0 Å². The maximum atomic E-state index is 9.58. The van der Waals surface area contributed by atoms with Gasteiger partial charge in [-0.15, -0.1) is 0 Å². The van der Waals surface area contributed by atoms with Crippen molar-refractivity contribution < 1.29 is 5.11 Å². The van der Waals surface area contributed by atoms with Crippen LogP contribution >= 0.6 is 0 Å². The molecule has 1 aromatic carbocycles. The number of hydrogen-bond acceptors (Lipinski definition) is 3. The number of aromatic hydroxyl groups is 1. The molecule has 2 aromatic rings. The number of benzene rings is 1. The quantitative estimate of drug-likeness (QED) is 0.766. The third kappa shape index (κ3) is 3.07. The summed E-state index contributed by atoms with van der Waals surface area (Å²) in [6.45, 7) is 1.52. The van der Waals surface area contributed by atoms with Crippen LogP contribution in [0.2, 0.25) is 0 Å². The first kappa shape index (κ1) is 11.7. The highest BCUT2D eigenvalue weighted by atomic mass is 16.3. The number of phenols is 1. The summed E-state index contributed by atoms with van der Waals surface area (Å²) in [6.07, 6.45) is 4.63. The third-order valence-electron chi connectivity index (χ3n) is 2.75. The lowest BCUT2D eigenvalue weighted by molar-refractivity contribution is 0.464. The Balaban J connectivity index is 1.77. The number of hydrogen-bond donors (Lipinski definition) is 2. The summed E-state index contributed by atoms with van der Waals surface area (Å²) in [4.78, 5) is 4.25. The van der Waals surface area contributed by atoms with E-state index in [4.69, 9.17) is 0 Å². The van der Waals surface area contributed by atoms with E-state index >= 15 is 0 Å². The molecule has 90 valence electrons. The molecule has 1 heterocycles. The van der Waals surface area contributed by atoms with Crippen LogP contribution in [-0.2, 0) is 20.0 Å². The lowest BCUT2D eigenvalue weighted by Gasteiger charge is -2.06. The molecule has 0 bridgehead atoms. The smallest absolute Gasteiger partial charge is 0.120 e. The Labute approximate surface area is 101 Å². The van der Waals surface area contributed by atoms with Crippen molar-refractivity contribution >= 4 is 0 Å². The predicted molar refractivity (Wildman–Crippen MR) is 66.7 cm³/mol. The van der Waals surface area contributed by atoms with E-state index in [1.165, 1.54) is 0 Å². The summed E-state index contributed by atoms with van der Waals surface area (Å²) in [5.74, 6) is 1.41. The molecular weight excluding hydrogens is 214 g/mol. The number of aromatic nitrogens is 2. The van der Waals surface area contributed by atoms with E-state index in [2.05, 4.69) is 10.3 Å². The van der Waals surface area contributed by atoms with Gasteiger partial charge >= 0.3 is 0 Å². The molecule has 4 heteroatoms. The number of imidazole rings is 1. The van der Waals surface area contributed by atoms with Crippen LogP contribution in [0.4, 0.5) is 0 Å². The van der Waals surface area contributed by atoms with E-state index < -0.39 is 0 Å². The summed E-state index contributed by atoms with van der Waals surface area (Å²) in [5.41, 5.74) is 0.923. The van der Waals surface area contributed by atoms with Crippen LogP contribution in [0.5, 0.6) is 5.75 Å². The van der Waals surface area contributed by atoms with Gasteiger partial charge in [0.1, 0.15) is 11.6 Å². The zero-order chi connectivity index (χ0) is 12.1. The summed E-state index contributed by atoms with van der Waals surface area (Å²) in [7, 11) is 1.99. The fraction of sp³-hybridized carbons (Fsp3) is 0.308. The Kier molecular flexibility index (Phi) is 3.77. The van der Waals surface area contributed by atoms with Crippen molar-refractivity contribution in [3.05, 3.63) is 48.0 Å². The molecule has 2 rings (SSSR count). The van der Waals surface area contributed by atoms with E-state index in [-0.39, 0.29) is 0 Å². The summed E-state index contributed by atoms with van der Waals surface area (Å²) in [5, 5.41) is 12.9. The Hall–Kier alpha value is -1.81. The predicted octanol–water partition coefficient (Wildman–Crippen LogP) is 1.46. The van der Waals surface area contributed by atoms with Crippen molar-refractivity contribution in [2.24, 2.45) is 7.05 Å². The Bertz CT molecular complexity index is 479. The molecule has 2 N–H and O–H groups in total. The highest BCUT2D eigenvalue weighted by Gasteiger charge is 2.00. The minimum Gasteiger partial charge on any atom is -0.508 e. The van der Waals surface area contributed by atoms with Gasteiger partial charge in [-0.25, -0.2) is 4.98 Å². The number of phenolic OH excluding ortho intramolecular Hbond substituents is 1. The first-order valence-electron chi connectivity index (χ1n) is 5.71. The van der Waals surface area contributed by atoms with E-state index in [0.29, 0.717) is 12.3 Å². The van der Waals surface area contributed by atoms with Crippen molar-refractivity contribution in [1.29, 1.82) is 0 Å². The first-order chi connectivity index (χ1) is 8.27. The Morgan fingerprint density at radius 1 is 1.35 bits per heavy atom. The molecular formula is C13H17N3O. The molecule has 0 unspecified atom stereocenters. The molecule has 1 aromatic heterocycles. The van der Waals surface area contributed by atoms with Crippen LogP contribution in [0.3, 0.4) is 0 Å². The highest BCUT2D eigenvalue weighted by molar-refractivity contribution is 5.31. The summed E-state index contributed by atoms with van der Waals surface area (Å²) in [6, 6.07) is 7.38. The van der Waals surface area contributed by atoms with Gasteiger partial charge in [-0.2, -0.15) is 0 Å². The van der Waals surface area contributed by atoms with Crippen LogP contribution < -0.4 is 5.32 Å². The number of nitrogens with zero attached hydrogens (tertiary/aromatic N) is 2.